The summed E-state index contributed by atoms with van der Waals surface area (Å²) in [5.74, 6) is 0.322. The standard InChI is InChI=1S/C20H20ClN7O2/c1-30-16-6-5-12(21)10-13(16)18-14(11-24-28(18)9-7-22)25-20(29)17-15-4-2-3-8-27(15)26-19(17)23/h2-6,8,10-11H,7,9,22H2,1H3,(H2,23,26)(H,25,29). The van der Waals surface area contributed by atoms with E-state index in [4.69, 9.17) is 27.8 Å². The Balaban J connectivity index is 1.80. The molecule has 0 aliphatic carbocycles. The summed E-state index contributed by atoms with van der Waals surface area (Å²) in [6, 6.07) is 10.6. The number of hydrogen-bond acceptors (Lipinski definition) is 6. The van der Waals surface area contributed by atoms with E-state index in [1.165, 1.54) is 0 Å². The molecule has 0 fully saturated rings. The zero-order valence-electron chi connectivity index (χ0n) is 16.2. The van der Waals surface area contributed by atoms with Crippen molar-refractivity contribution >= 4 is 34.5 Å². The highest BCUT2D eigenvalue weighted by molar-refractivity contribution is 6.31. The second kappa shape index (κ2) is 8.05. The van der Waals surface area contributed by atoms with Gasteiger partial charge in [0.1, 0.15) is 11.3 Å². The third-order valence-corrected chi connectivity index (χ3v) is 4.87. The summed E-state index contributed by atoms with van der Waals surface area (Å²) < 4.78 is 8.75. The summed E-state index contributed by atoms with van der Waals surface area (Å²) in [6.45, 7) is 0.811. The van der Waals surface area contributed by atoms with E-state index in [1.54, 1.807) is 53.0 Å². The van der Waals surface area contributed by atoms with Crippen molar-refractivity contribution in [3.63, 3.8) is 0 Å². The summed E-state index contributed by atoms with van der Waals surface area (Å²) >= 11 is 6.22. The monoisotopic (exact) mass is 425 g/mol. The van der Waals surface area contributed by atoms with Gasteiger partial charge in [-0.2, -0.15) is 5.10 Å². The zero-order chi connectivity index (χ0) is 21.3. The molecule has 4 aromatic rings. The molecule has 1 amide bonds. The SMILES string of the molecule is COc1ccc(Cl)cc1-c1c(NC(=O)c2c(N)nn3ccccc23)cnn1CCN. The summed E-state index contributed by atoms with van der Waals surface area (Å²) in [6.07, 6.45) is 3.29. The molecule has 5 N–H and O–H groups in total. The van der Waals surface area contributed by atoms with Crippen LogP contribution in [-0.2, 0) is 6.54 Å². The number of halogens is 1. The zero-order valence-corrected chi connectivity index (χ0v) is 16.9. The van der Waals surface area contributed by atoms with Gasteiger partial charge in [0.15, 0.2) is 5.82 Å². The van der Waals surface area contributed by atoms with Gasteiger partial charge in [-0.1, -0.05) is 17.7 Å². The van der Waals surface area contributed by atoms with Crippen molar-refractivity contribution in [3.05, 3.63) is 59.4 Å². The highest BCUT2D eigenvalue weighted by atomic mass is 35.5. The van der Waals surface area contributed by atoms with Crippen LogP contribution in [0.4, 0.5) is 11.5 Å². The quantitative estimate of drug-likeness (QED) is 0.436. The van der Waals surface area contributed by atoms with Gasteiger partial charge in [0.2, 0.25) is 0 Å². The van der Waals surface area contributed by atoms with Crippen molar-refractivity contribution in [1.29, 1.82) is 0 Å². The van der Waals surface area contributed by atoms with E-state index >= 15 is 0 Å². The molecule has 0 saturated heterocycles. The number of carbonyl (C=O) groups excluding carboxylic acids is 1. The number of methoxy groups -OCH3 is 1. The fourth-order valence-corrected chi connectivity index (χ4v) is 3.52. The lowest BCUT2D eigenvalue weighted by Crippen LogP contribution is -2.15. The van der Waals surface area contributed by atoms with Crippen LogP contribution in [-0.4, -0.2) is 39.0 Å². The molecule has 0 radical (unpaired) electrons. The maximum atomic E-state index is 13.1. The molecule has 0 unspecified atom stereocenters. The highest BCUT2D eigenvalue weighted by Gasteiger charge is 2.23. The van der Waals surface area contributed by atoms with Gasteiger partial charge in [-0.15, -0.1) is 5.10 Å². The first-order chi connectivity index (χ1) is 14.5. The van der Waals surface area contributed by atoms with Gasteiger partial charge >= 0.3 is 0 Å². The molecule has 3 heterocycles. The molecule has 0 bridgehead atoms. The minimum Gasteiger partial charge on any atom is -0.496 e. The van der Waals surface area contributed by atoms with Crippen LogP contribution in [0, 0.1) is 0 Å². The molecule has 1 aromatic carbocycles. The largest absolute Gasteiger partial charge is 0.496 e. The number of benzene rings is 1. The van der Waals surface area contributed by atoms with E-state index in [9.17, 15) is 4.79 Å². The first kappa shape index (κ1) is 19.7. The Morgan fingerprint density at radius 1 is 1.30 bits per heavy atom. The Morgan fingerprint density at radius 3 is 2.90 bits per heavy atom. The van der Waals surface area contributed by atoms with Crippen LogP contribution in [0.3, 0.4) is 0 Å². The number of amides is 1. The average Bonchev–Trinajstić information content (AvgIpc) is 3.27. The number of rotatable bonds is 6. The third-order valence-electron chi connectivity index (χ3n) is 4.64. The van der Waals surface area contributed by atoms with Gasteiger partial charge in [0.05, 0.1) is 36.7 Å². The van der Waals surface area contributed by atoms with Crippen molar-refractivity contribution in [2.24, 2.45) is 5.73 Å². The number of aromatic nitrogens is 4. The molecule has 30 heavy (non-hydrogen) atoms. The number of pyridine rings is 1. The summed E-state index contributed by atoms with van der Waals surface area (Å²) in [5.41, 5.74) is 14.4. The molecule has 10 heteroatoms. The van der Waals surface area contributed by atoms with Gasteiger partial charge < -0.3 is 21.5 Å². The number of nitrogens with two attached hydrogens (primary N) is 2. The van der Waals surface area contributed by atoms with Crippen molar-refractivity contribution in [1.82, 2.24) is 19.4 Å². The van der Waals surface area contributed by atoms with E-state index in [0.29, 0.717) is 46.3 Å². The van der Waals surface area contributed by atoms with Gasteiger partial charge in [-0.25, -0.2) is 4.52 Å². The Morgan fingerprint density at radius 2 is 2.13 bits per heavy atom. The molecule has 154 valence electrons. The van der Waals surface area contributed by atoms with Crippen LogP contribution in [0.2, 0.25) is 5.02 Å². The molecule has 4 rings (SSSR count). The molecule has 3 aromatic heterocycles. The van der Waals surface area contributed by atoms with Crippen molar-refractivity contribution in [2.45, 2.75) is 6.54 Å². The van der Waals surface area contributed by atoms with E-state index < -0.39 is 5.91 Å². The number of nitrogens with one attached hydrogen (secondary N) is 1. The number of anilines is 2. The molecule has 0 aliphatic rings. The number of hydrogen-bond donors (Lipinski definition) is 3. The number of nitrogen functional groups attached to an aromatic ring is 1. The van der Waals surface area contributed by atoms with Gasteiger partial charge in [0.25, 0.3) is 5.91 Å². The molecule has 0 saturated carbocycles. The normalized spacial score (nSPS) is 11.0. The van der Waals surface area contributed by atoms with E-state index in [2.05, 4.69) is 15.5 Å². The fourth-order valence-electron chi connectivity index (χ4n) is 3.35. The van der Waals surface area contributed by atoms with Crippen molar-refractivity contribution < 1.29 is 9.53 Å². The van der Waals surface area contributed by atoms with Crippen LogP contribution in [0.15, 0.2) is 48.8 Å². The summed E-state index contributed by atoms with van der Waals surface area (Å²) in [5, 5.41) is 12.0. The van der Waals surface area contributed by atoms with E-state index in [1.807, 2.05) is 12.1 Å². The molecule has 9 nitrogen and oxygen atoms in total. The number of nitrogens with zero attached hydrogens (tertiary/aromatic N) is 4. The van der Waals surface area contributed by atoms with Crippen LogP contribution in [0.1, 0.15) is 10.4 Å². The lowest BCUT2D eigenvalue weighted by molar-refractivity contribution is 0.102. The van der Waals surface area contributed by atoms with Crippen LogP contribution in [0.5, 0.6) is 5.75 Å². The molecular weight excluding hydrogens is 406 g/mol. The van der Waals surface area contributed by atoms with Crippen molar-refractivity contribution in [3.8, 4) is 17.0 Å². The van der Waals surface area contributed by atoms with Crippen LogP contribution in [0.25, 0.3) is 16.8 Å². The topological polar surface area (TPSA) is 125 Å². The summed E-state index contributed by atoms with van der Waals surface area (Å²) in [4.78, 5) is 13.1. The average molecular weight is 426 g/mol. The molecule has 0 aliphatic heterocycles. The van der Waals surface area contributed by atoms with Gasteiger partial charge in [0, 0.05) is 23.3 Å². The van der Waals surface area contributed by atoms with Crippen LogP contribution >= 0.6 is 11.6 Å². The highest BCUT2D eigenvalue weighted by Crippen LogP contribution is 2.37. The Kier molecular flexibility index (Phi) is 5.30. The third kappa shape index (κ3) is 3.44. The smallest absolute Gasteiger partial charge is 0.261 e. The lowest BCUT2D eigenvalue weighted by Gasteiger charge is -2.14. The molecular formula is C20H20ClN7O2. The van der Waals surface area contributed by atoms with Crippen molar-refractivity contribution in [2.75, 3.05) is 24.7 Å². The maximum absolute atomic E-state index is 13.1. The minimum atomic E-state index is -0.400. The Hall–Kier alpha value is -3.56. The van der Waals surface area contributed by atoms with Crippen LogP contribution < -0.4 is 21.5 Å². The van der Waals surface area contributed by atoms with Gasteiger partial charge in [-0.05, 0) is 30.3 Å². The summed E-state index contributed by atoms with van der Waals surface area (Å²) in [7, 11) is 1.56. The maximum Gasteiger partial charge on any atom is 0.261 e. The number of ether oxygens (including phenoxy) is 1. The predicted octanol–water partition coefficient (Wildman–Crippen LogP) is 2.65. The van der Waals surface area contributed by atoms with E-state index in [0.717, 1.165) is 0 Å². The first-order valence-corrected chi connectivity index (χ1v) is 9.55. The number of carbonyl (C=O) groups is 1. The van der Waals surface area contributed by atoms with E-state index in [-0.39, 0.29) is 11.4 Å². The Labute approximate surface area is 177 Å². The minimum absolute atomic E-state index is 0.134. The lowest BCUT2D eigenvalue weighted by atomic mass is 10.1. The number of fused-ring (bicyclic) bond motifs is 1. The fraction of sp³-hybridized carbons (Fsp3) is 0.150. The first-order valence-electron chi connectivity index (χ1n) is 9.17. The second-order valence-electron chi connectivity index (χ2n) is 6.51. The Bertz CT molecular complexity index is 1230. The predicted molar refractivity (Wildman–Crippen MR) is 116 cm³/mol. The second-order valence-corrected chi connectivity index (χ2v) is 6.94. The molecule has 0 atom stereocenters. The van der Waals surface area contributed by atoms with Gasteiger partial charge in [-0.3, -0.25) is 9.48 Å². The molecule has 0 spiro atoms.